The molecule has 5 rings (SSSR count). The molecule has 8 heteroatoms. The number of nitrogens with one attached hydrogen (secondary N) is 3. The van der Waals surface area contributed by atoms with Crippen LogP contribution in [0.2, 0.25) is 0 Å². The first kappa shape index (κ1) is 26.4. The van der Waals surface area contributed by atoms with Crippen LogP contribution in [-0.4, -0.2) is 58.2 Å². The van der Waals surface area contributed by atoms with Gasteiger partial charge in [0.05, 0.1) is 6.04 Å². The first-order valence-electron chi connectivity index (χ1n) is 13.6. The lowest BCUT2D eigenvalue weighted by atomic mass is 9.89. The quantitative estimate of drug-likeness (QED) is 0.315. The van der Waals surface area contributed by atoms with Gasteiger partial charge in [-0.1, -0.05) is 62.6 Å². The van der Waals surface area contributed by atoms with Crippen molar-refractivity contribution in [2.75, 3.05) is 18.6 Å². The summed E-state index contributed by atoms with van der Waals surface area (Å²) < 4.78 is 0. The van der Waals surface area contributed by atoms with Crippen LogP contribution in [-0.2, 0) is 16.0 Å². The van der Waals surface area contributed by atoms with E-state index in [1.807, 2.05) is 48.7 Å². The lowest BCUT2D eigenvalue weighted by Crippen LogP contribution is -2.56. The molecule has 2 aromatic carbocycles. The van der Waals surface area contributed by atoms with E-state index in [1.54, 1.807) is 16.7 Å². The summed E-state index contributed by atoms with van der Waals surface area (Å²) in [5, 5.41) is 7.12. The molecule has 3 N–H and O–H groups in total. The normalized spacial score (nSPS) is 18.6. The van der Waals surface area contributed by atoms with Gasteiger partial charge in [0.2, 0.25) is 11.8 Å². The Morgan fingerprint density at radius 3 is 2.71 bits per heavy atom. The molecule has 0 saturated carbocycles. The number of fused-ring (bicyclic) bond motifs is 7. The molecule has 7 nitrogen and oxygen atoms in total. The molecule has 0 unspecified atom stereocenters. The molecule has 3 heterocycles. The van der Waals surface area contributed by atoms with Crippen LogP contribution in [0.4, 0.5) is 0 Å². The maximum Gasteiger partial charge on any atom is 0.255 e. The lowest BCUT2D eigenvalue weighted by molar-refractivity contribution is -0.132. The topological polar surface area (TPSA) is 94.3 Å². The highest BCUT2D eigenvalue weighted by Gasteiger charge is 2.49. The molecule has 0 bridgehead atoms. The van der Waals surface area contributed by atoms with E-state index in [-0.39, 0.29) is 23.8 Å². The Morgan fingerprint density at radius 2 is 1.89 bits per heavy atom. The van der Waals surface area contributed by atoms with Crippen LogP contribution in [0.5, 0.6) is 0 Å². The average molecular weight is 533 g/mol. The summed E-state index contributed by atoms with van der Waals surface area (Å²) in [7, 11) is 0. The zero-order chi connectivity index (χ0) is 26.6. The van der Waals surface area contributed by atoms with Crippen LogP contribution < -0.4 is 10.6 Å². The summed E-state index contributed by atoms with van der Waals surface area (Å²) in [6.07, 6.45) is 7.22. The van der Waals surface area contributed by atoms with E-state index in [0.29, 0.717) is 24.9 Å². The van der Waals surface area contributed by atoms with Crippen molar-refractivity contribution in [2.24, 2.45) is 0 Å². The van der Waals surface area contributed by atoms with Gasteiger partial charge in [-0.05, 0) is 48.1 Å². The highest BCUT2D eigenvalue weighted by molar-refractivity contribution is 7.98. The van der Waals surface area contributed by atoms with Gasteiger partial charge in [-0.15, -0.1) is 0 Å². The van der Waals surface area contributed by atoms with Crippen LogP contribution in [0.3, 0.4) is 0 Å². The van der Waals surface area contributed by atoms with Gasteiger partial charge in [0.25, 0.3) is 5.91 Å². The number of aromatic nitrogens is 1. The summed E-state index contributed by atoms with van der Waals surface area (Å²) in [6.45, 7) is 2.76. The third-order valence-electron chi connectivity index (χ3n) is 7.73. The van der Waals surface area contributed by atoms with Crippen molar-refractivity contribution >= 4 is 40.4 Å². The SMILES string of the molecule is CCCCCCNC(=O)[C@H](CCSC)NC(=O)[C@@H]1Cc2c([nH]c3ccccc23)[C@H]2c3ccccc3C(=O)N21. The molecule has 0 fully saturated rings. The molecule has 3 amide bonds. The monoisotopic (exact) mass is 532 g/mol. The van der Waals surface area contributed by atoms with Gasteiger partial charge in [0, 0.05) is 35.1 Å². The fourth-order valence-electron chi connectivity index (χ4n) is 5.80. The predicted molar refractivity (Wildman–Crippen MR) is 152 cm³/mol. The van der Waals surface area contributed by atoms with Gasteiger partial charge in [-0.2, -0.15) is 11.8 Å². The van der Waals surface area contributed by atoms with E-state index in [1.165, 1.54) is 0 Å². The zero-order valence-corrected chi connectivity index (χ0v) is 22.9. The molecule has 200 valence electrons. The Kier molecular flexibility index (Phi) is 8.07. The van der Waals surface area contributed by atoms with Crippen LogP contribution in [0.1, 0.15) is 72.2 Å². The number of benzene rings is 2. The third-order valence-corrected chi connectivity index (χ3v) is 8.37. The minimum Gasteiger partial charge on any atom is -0.356 e. The third kappa shape index (κ3) is 4.94. The number of unbranched alkanes of at least 4 members (excludes halogenated alkanes) is 3. The Morgan fingerprint density at radius 1 is 1.11 bits per heavy atom. The smallest absolute Gasteiger partial charge is 0.255 e. The predicted octanol–water partition coefficient (Wildman–Crippen LogP) is 4.57. The lowest BCUT2D eigenvalue weighted by Gasteiger charge is -2.37. The Balaban J connectivity index is 1.42. The summed E-state index contributed by atoms with van der Waals surface area (Å²) in [5.41, 5.74) is 4.57. The highest BCUT2D eigenvalue weighted by atomic mass is 32.2. The van der Waals surface area contributed by atoms with Gasteiger partial charge >= 0.3 is 0 Å². The number of amides is 3. The summed E-state index contributed by atoms with van der Waals surface area (Å²) >= 11 is 1.65. The number of hydrogen-bond donors (Lipinski definition) is 3. The highest BCUT2D eigenvalue weighted by Crippen LogP contribution is 2.46. The van der Waals surface area contributed by atoms with Crippen molar-refractivity contribution in [3.63, 3.8) is 0 Å². The van der Waals surface area contributed by atoms with Gasteiger partial charge in [-0.3, -0.25) is 14.4 Å². The van der Waals surface area contributed by atoms with Crippen LogP contribution in [0.25, 0.3) is 10.9 Å². The Hall–Kier alpha value is -3.26. The van der Waals surface area contributed by atoms with E-state index in [9.17, 15) is 14.4 Å². The van der Waals surface area contributed by atoms with Crippen molar-refractivity contribution in [1.29, 1.82) is 0 Å². The van der Waals surface area contributed by atoms with Gasteiger partial charge in [0.15, 0.2) is 0 Å². The fraction of sp³-hybridized carbons (Fsp3) is 0.433. The Labute approximate surface area is 228 Å². The molecule has 0 spiro atoms. The maximum atomic E-state index is 13.9. The summed E-state index contributed by atoms with van der Waals surface area (Å²) in [6, 6.07) is 14.0. The van der Waals surface area contributed by atoms with Gasteiger partial charge < -0.3 is 20.5 Å². The van der Waals surface area contributed by atoms with Gasteiger partial charge in [0.1, 0.15) is 12.1 Å². The molecular weight excluding hydrogens is 496 g/mol. The van der Waals surface area contributed by atoms with Crippen molar-refractivity contribution in [3.8, 4) is 0 Å². The van der Waals surface area contributed by atoms with E-state index >= 15 is 0 Å². The number of para-hydroxylation sites is 1. The molecule has 2 aliphatic rings. The van der Waals surface area contributed by atoms with Crippen molar-refractivity contribution < 1.29 is 14.4 Å². The first-order chi connectivity index (χ1) is 18.5. The molecule has 2 aliphatic heterocycles. The van der Waals surface area contributed by atoms with Crippen LogP contribution >= 0.6 is 11.8 Å². The summed E-state index contributed by atoms with van der Waals surface area (Å²) in [4.78, 5) is 45.9. The standard InChI is InChI=1S/C30H36N4O3S/c1-3-4-5-10-16-31-28(35)24(15-17-38-2)33-29(36)25-18-22-19-11-8-9-14-23(19)32-26(22)27-20-12-6-7-13-21(20)30(37)34(25)27/h6-9,11-14,24-25,27,32H,3-5,10,15-18H2,1-2H3,(H,31,35)(H,33,36)/t24-,25-,27+/m0/s1. The number of carbonyl (C=O) groups excluding carboxylic acids is 3. The molecule has 1 aromatic heterocycles. The molecule has 0 aliphatic carbocycles. The largest absolute Gasteiger partial charge is 0.356 e. The minimum absolute atomic E-state index is 0.143. The molecular formula is C30H36N4O3S. The maximum absolute atomic E-state index is 13.9. The number of rotatable bonds is 11. The number of aromatic amines is 1. The fourth-order valence-corrected chi connectivity index (χ4v) is 6.27. The van der Waals surface area contributed by atoms with E-state index in [2.05, 4.69) is 28.6 Å². The Bertz CT molecular complexity index is 1340. The zero-order valence-electron chi connectivity index (χ0n) is 22.1. The summed E-state index contributed by atoms with van der Waals surface area (Å²) in [5.74, 6) is 0.179. The molecule has 38 heavy (non-hydrogen) atoms. The van der Waals surface area contributed by atoms with Crippen molar-refractivity contribution in [3.05, 3.63) is 70.9 Å². The number of H-pyrrole nitrogens is 1. The number of hydrogen-bond acceptors (Lipinski definition) is 4. The number of nitrogens with zero attached hydrogens (tertiary/aromatic N) is 1. The van der Waals surface area contributed by atoms with Crippen molar-refractivity contribution in [2.45, 2.75) is 63.6 Å². The van der Waals surface area contributed by atoms with E-state index in [0.717, 1.165) is 59.2 Å². The second-order valence-electron chi connectivity index (χ2n) is 10.2. The average Bonchev–Trinajstić information content (AvgIpc) is 3.45. The van der Waals surface area contributed by atoms with Crippen molar-refractivity contribution in [1.82, 2.24) is 20.5 Å². The molecule has 3 atom stereocenters. The second kappa shape index (κ2) is 11.6. The van der Waals surface area contributed by atoms with E-state index < -0.39 is 12.1 Å². The second-order valence-corrected chi connectivity index (χ2v) is 11.2. The van der Waals surface area contributed by atoms with Crippen LogP contribution in [0, 0.1) is 0 Å². The van der Waals surface area contributed by atoms with E-state index in [4.69, 9.17) is 0 Å². The molecule has 0 radical (unpaired) electrons. The first-order valence-corrected chi connectivity index (χ1v) is 15.0. The van der Waals surface area contributed by atoms with Gasteiger partial charge in [-0.25, -0.2) is 0 Å². The minimum atomic E-state index is -0.708. The number of thioether (sulfide) groups is 1. The molecule has 3 aromatic rings. The molecule has 0 saturated heterocycles. The number of carbonyl (C=O) groups is 3. The van der Waals surface area contributed by atoms with Crippen LogP contribution in [0.15, 0.2) is 48.5 Å².